The Morgan fingerprint density at radius 1 is 1.12 bits per heavy atom. The molecule has 0 saturated carbocycles. The van der Waals surface area contributed by atoms with E-state index < -0.39 is 12.1 Å². The summed E-state index contributed by atoms with van der Waals surface area (Å²) >= 11 is 5.99. The van der Waals surface area contributed by atoms with E-state index in [2.05, 4.69) is 5.32 Å². The average Bonchev–Trinajstić information content (AvgIpc) is 2.60. The standard InChI is InChI=1S/C20H22ClNO4/c1-5-25-20(24)15-7-6-12(2)18(11-15)22-19(23)14(4)26-16-8-9-17(21)13(3)10-16/h6-11,14H,5H2,1-4H3,(H,22,23)/t14-/m1/s1. The number of hydrogen-bond donors (Lipinski definition) is 1. The number of halogens is 1. The van der Waals surface area contributed by atoms with Crippen LogP contribution in [0.2, 0.25) is 5.02 Å². The van der Waals surface area contributed by atoms with Gasteiger partial charge in [0.05, 0.1) is 12.2 Å². The smallest absolute Gasteiger partial charge is 0.338 e. The van der Waals surface area contributed by atoms with E-state index in [9.17, 15) is 9.59 Å². The highest BCUT2D eigenvalue weighted by molar-refractivity contribution is 6.31. The lowest BCUT2D eigenvalue weighted by Gasteiger charge is -2.17. The first-order chi connectivity index (χ1) is 12.3. The van der Waals surface area contributed by atoms with E-state index in [1.807, 2.05) is 13.8 Å². The lowest BCUT2D eigenvalue weighted by Crippen LogP contribution is -2.30. The molecule has 2 aromatic rings. The van der Waals surface area contributed by atoms with Crippen LogP contribution in [-0.4, -0.2) is 24.6 Å². The molecule has 1 N–H and O–H groups in total. The zero-order valence-electron chi connectivity index (χ0n) is 15.3. The molecule has 6 heteroatoms. The van der Waals surface area contributed by atoms with Gasteiger partial charge in [0.2, 0.25) is 0 Å². The van der Waals surface area contributed by atoms with Crippen molar-refractivity contribution in [1.82, 2.24) is 0 Å². The van der Waals surface area contributed by atoms with Crippen molar-refractivity contribution >= 4 is 29.2 Å². The van der Waals surface area contributed by atoms with Gasteiger partial charge < -0.3 is 14.8 Å². The minimum atomic E-state index is -0.721. The monoisotopic (exact) mass is 375 g/mol. The number of esters is 1. The molecule has 1 atom stereocenters. The quantitative estimate of drug-likeness (QED) is 0.753. The first kappa shape index (κ1) is 19.8. The Hall–Kier alpha value is -2.53. The Labute approximate surface area is 158 Å². The van der Waals surface area contributed by atoms with Crippen LogP contribution in [0.4, 0.5) is 5.69 Å². The molecule has 138 valence electrons. The molecule has 0 fully saturated rings. The van der Waals surface area contributed by atoms with E-state index in [0.717, 1.165) is 11.1 Å². The van der Waals surface area contributed by atoms with Crippen molar-refractivity contribution in [3.63, 3.8) is 0 Å². The second-order valence-electron chi connectivity index (χ2n) is 5.91. The summed E-state index contributed by atoms with van der Waals surface area (Å²) < 4.78 is 10.7. The van der Waals surface area contributed by atoms with Crippen molar-refractivity contribution in [2.75, 3.05) is 11.9 Å². The fraction of sp³-hybridized carbons (Fsp3) is 0.300. The molecule has 1 amide bonds. The van der Waals surface area contributed by atoms with Crippen molar-refractivity contribution in [2.45, 2.75) is 33.8 Å². The van der Waals surface area contributed by atoms with Gasteiger partial charge in [-0.3, -0.25) is 4.79 Å². The molecule has 0 aromatic heterocycles. The van der Waals surface area contributed by atoms with E-state index in [4.69, 9.17) is 21.1 Å². The summed E-state index contributed by atoms with van der Waals surface area (Å²) in [5, 5.41) is 3.44. The van der Waals surface area contributed by atoms with Crippen LogP contribution in [0.3, 0.4) is 0 Å². The van der Waals surface area contributed by atoms with Crippen LogP contribution < -0.4 is 10.1 Å². The first-order valence-corrected chi connectivity index (χ1v) is 8.71. The number of ether oxygens (including phenoxy) is 2. The summed E-state index contributed by atoms with van der Waals surface area (Å²) in [6.45, 7) is 7.40. The Balaban J connectivity index is 2.09. The van der Waals surface area contributed by atoms with Crippen LogP contribution in [0.5, 0.6) is 5.75 Å². The molecule has 0 heterocycles. The summed E-state index contributed by atoms with van der Waals surface area (Å²) in [7, 11) is 0. The van der Waals surface area contributed by atoms with Crippen LogP contribution in [0.25, 0.3) is 0 Å². The molecule has 26 heavy (non-hydrogen) atoms. The van der Waals surface area contributed by atoms with Gasteiger partial charge in [0.15, 0.2) is 6.10 Å². The van der Waals surface area contributed by atoms with Gasteiger partial charge in [0, 0.05) is 10.7 Å². The number of nitrogens with one attached hydrogen (secondary N) is 1. The van der Waals surface area contributed by atoms with Gasteiger partial charge in [-0.05, 0) is 69.2 Å². The molecule has 0 aliphatic carbocycles. The van der Waals surface area contributed by atoms with E-state index >= 15 is 0 Å². The molecular formula is C20H22ClNO4. The number of benzene rings is 2. The molecule has 0 bridgehead atoms. The highest BCUT2D eigenvalue weighted by Gasteiger charge is 2.17. The maximum absolute atomic E-state index is 12.4. The van der Waals surface area contributed by atoms with Crippen molar-refractivity contribution in [2.24, 2.45) is 0 Å². The molecule has 2 aromatic carbocycles. The third-order valence-electron chi connectivity index (χ3n) is 3.82. The lowest BCUT2D eigenvalue weighted by molar-refractivity contribution is -0.122. The molecular weight excluding hydrogens is 354 g/mol. The van der Waals surface area contributed by atoms with Gasteiger partial charge in [-0.1, -0.05) is 17.7 Å². The summed E-state index contributed by atoms with van der Waals surface area (Å²) in [6, 6.07) is 10.2. The van der Waals surface area contributed by atoms with Crippen molar-refractivity contribution < 1.29 is 19.1 Å². The van der Waals surface area contributed by atoms with E-state index in [1.165, 1.54) is 0 Å². The minimum Gasteiger partial charge on any atom is -0.481 e. The van der Waals surface area contributed by atoms with Crippen LogP contribution >= 0.6 is 11.6 Å². The lowest BCUT2D eigenvalue weighted by atomic mass is 10.1. The molecule has 0 aliphatic rings. The number of aryl methyl sites for hydroxylation is 2. The Morgan fingerprint density at radius 2 is 1.85 bits per heavy atom. The Kier molecular flexibility index (Phi) is 6.64. The van der Waals surface area contributed by atoms with E-state index in [-0.39, 0.29) is 5.91 Å². The van der Waals surface area contributed by atoms with Crippen LogP contribution in [0.15, 0.2) is 36.4 Å². The third-order valence-corrected chi connectivity index (χ3v) is 4.24. The molecule has 2 rings (SSSR count). The van der Waals surface area contributed by atoms with Gasteiger partial charge in [-0.15, -0.1) is 0 Å². The second kappa shape index (κ2) is 8.72. The molecule has 0 spiro atoms. The van der Waals surface area contributed by atoms with Crippen molar-refractivity contribution in [1.29, 1.82) is 0 Å². The zero-order chi connectivity index (χ0) is 19.3. The summed E-state index contributed by atoms with van der Waals surface area (Å²) in [4.78, 5) is 24.3. The van der Waals surface area contributed by atoms with Crippen molar-refractivity contribution in [3.05, 3.63) is 58.1 Å². The molecule has 0 aliphatic heterocycles. The van der Waals surface area contributed by atoms with Gasteiger partial charge >= 0.3 is 5.97 Å². The Morgan fingerprint density at radius 3 is 2.50 bits per heavy atom. The number of carbonyl (C=O) groups excluding carboxylic acids is 2. The van der Waals surface area contributed by atoms with Crippen LogP contribution in [-0.2, 0) is 9.53 Å². The fourth-order valence-electron chi connectivity index (χ4n) is 2.28. The Bertz CT molecular complexity index is 819. The summed E-state index contributed by atoms with van der Waals surface area (Å²) in [5.41, 5.74) is 2.63. The summed E-state index contributed by atoms with van der Waals surface area (Å²) in [5.74, 6) is -0.183. The second-order valence-corrected chi connectivity index (χ2v) is 6.32. The third kappa shape index (κ3) is 4.99. The minimum absolute atomic E-state index is 0.291. The van der Waals surface area contributed by atoms with Gasteiger partial charge in [0.25, 0.3) is 5.91 Å². The normalized spacial score (nSPS) is 11.6. The molecule has 0 saturated heterocycles. The van der Waals surface area contributed by atoms with Crippen LogP contribution in [0.1, 0.15) is 35.3 Å². The molecule has 0 radical (unpaired) electrons. The average molecular weight is 376 g/mol. The van der Waals surface area contributed by atoms with E-state index in [0.29, 0.717) is 28.6 Å². The van der Waals surface area contributed by atoms with Gasteiger partial charge in [-0.2, -0.15) is 0 Å². The maximum Gasteiger partial charge on any atom is 0.338 e. The maximum atomic E-state index is 12.4. The predicted molar refractivity (Wildman–Crippen MR) is 102 cm³/mol. The van der Waals surface area contributed by atoms with E-state index in [1.54, 1.807) is 50.2 Å². The number of anilines is 1. The number of amides is 1. The SMILES string of the molecule is CCOC(=O)c1ccc(C)c(NC(=O)[C@@H](C)Oc2ccc(Cl)c(C)c2)c1. The first-order valence-electron chi connectivity index (χ1n) is 8.33. The molecule has 0 unspecified atom stereocenters. The van der Waals surface area contributed by atoms with Gasteiger partial charge in [0.1, 0.15) is 5.75 Å². The zero-order valence-corrected chi connectivity index (χ0v) is 16.0. The topological polar surface area (TPSA) is 64.6 Å². The predicted octanol–water partition coefficient (Wildman–Crippen LogP) is 4.54. The van der Waals surface area contributed by atoms with Crippen LogP contribution in [0, 0.1) is 13.8 Å². The van der Waals surface area contributed by atoms with Gasteiger partial charge in [-0.25, -0.2) is 4.79 Å². The fourth-order valence-corrected chi connectivity index (χ4v) is 2.40. The summed E-state index contributed by atoms with van der Waals surface area (Å²) in [6.07, 6.45) is -0.721. The highest BCUT2D eigenvalue weighted by atomic mass is 35.5. The largest absolute Gasteiger partial charge is 0.481 e. The van der Waals surface area contributed by atoms with Crippen molar-refractivity contribution in [3.8, 4) is 5.75 Å². The number of carbonyl (C=O) groups is 2. The number of rotatable bonds is 6. The molecule has 5 nitrogen and oxygen atoms in total. The highest BCUT2D eigenvalue weighted by Crippen LogP contribution is 2.23. The number of hydrogen-bond acceptors (Lipinski definition) is 4.